The number of halogens is 1. The van der Waals surface area contributed by atoms with Crippen molar-refractivity contribution >= 4 is 39.1 Å². The Morgan fingerprint density at radius 3 is 2.39 bits per heavy atom. The molecule has 0 radical (unpaired) electrons. The first kappa shape index (κ1) is 22.6. The number of hydrogen-bond acceptors (Lipinski definition) is 5. The number of methoxy groups -OCH3 is 1. The van der Waals surface area contributed by atoms with E-state index in [0.717, 1.165) is 11.1 Å². The van der Waals surface area contributed by atoms with E-state index in [-0.39, 0.29) is 22.8 Å². The van der Waals surface area contributed by atoms with Gasteiger partial charge in [0.1, 0.15) is 17.3 Å². The number of Topliss-reactive ketones (excluding diaryl/α,β-unsaturated/α-hetero) is 1. The second-order valence-electron chi connectivity index (χ2n) is 7.92. The van der Waals surface area contributed by atoms with Crippen molar-refractivity contribution in [2.24, 2.45) is 0 Å². The van der Waals surface area contributed by atoms with Gasteiger partial charge in [-0.1, -0.05) is 35.9 Å². The van der Waals surface area contributed by atoms with Gasteiger partial charge in [0, 0.05) is 5.56 Å². The van der Waals surface area contributed by atoms with E-state index in [1.54, 1.807) is 36.4 Å². The molecule has 1 aliphatic rings. The van der Waals surface area contributed by atoms with Crippen LogP contribution in [-0.2, 0) is 9.59 Å². The summed E-state index contributed by atoms with van der Waals surface area (Å²) in [4.78, 5) is 27.7. The first-order valence-electron chi connectivity index (χ1n) is 10.2. The molecule has 3 aromatic carbocycles. The summed E-state index contributed by atoms with van der Waals surface area (Å²) < 4.78 is 5.83. The van der Waals surface area contributed by atoms with Crippen LogP contribution in [0.1, 0.15) is 28.3 Å². The molecule has 0 saturated carbocycles. The van der Waals surface area contributed by atoms with Crippen LogP contribution in [0.15, 0.2) is 70.7 Å². The van der Waals surface area contributed by atoms with Gasteiger partial charge in [0.15, 0.2) is 0 Å². The van der Waals surface area contributed by atoms with Crippen LogP contribution in [0, 0.1) is 13.8 Å². The summed E-state index contributed by atoms with van der Waals surface area (Å²) in [6.07, 6.45) is 0. The molecule has 0 spiro atoms. The highest BCUT2D eigenvalue weighted by molar-refractivity contribution is 9.10. The number of carbonyl (C=O) groups is 2. The molecule has 1 amide bonds. The number of phenols is 1. The lowest BCUT2D eigenvalue weighted by atomic mass is 9.94. The molecule has 1 saturated heterocycles. The number of nitrogens with zero attached hydrogens (tertiary/aromatic N) is 1. The maximum Gasteiger partial charge on any atom is 0.300 e. The van der Waals surface area contributed by atoms with E-state index in [4.69, 9.17) is 4.74 Å². The number of amides is 1. The summed E-state index contributed by atoms with van der Waals surface area (Å²) in [6, 6.07) is 16.2. The molecule has 0 bridgehead atoms. The average Bonchev–Trinajstić information content (AvgIpc) is 3.05. The lowest BCUT2D eigenvalue weighted by Crippen LogP contribution is -2.29. The Morgan fingerprint density at radius 2 is 1.73 bits per heavy atom. The van der Waals surface area contributed by atoms with Crippen molar-refractivity contribution < 1.29 is 24.5 Å². The van der Waals surface area contributed by atoms with E-state index in [1.807, 2.05) is 32.0 Å². The molecule has 1 heterocycles. The zero-order valence-corrected chi connectivity index (χ0v) is 19.9. The monoisotopic (exact) mass is 507 g/mol. The third-order valence-corrected chi connectivity index (χ3v) is 6.24. The van der Waals surface area contributed by atoms with Crippen LogP contribution in [0.2, 0.25) is 0 Å². The number of aliphatic hydroxyl groups excluding tert-OH is 1. The number of rotatable bonds is 4. The molecule has 168 valence electrons. The SMILES string of the molecule is COc1ccc(/C(O)=C2/C(=O)C(=O)N(c3cc(C)ccc3O)C2c2cccc(C)c2)cc1Br. The maximum atomic E-state index is 13.2. The van der Waals surface area contributed by atoms with Gasteiger partial charge >= 0.3 is 0 Å². The minimum Gasteiger partial charge on any atom is -0.507 e. The third-order valence-electron chi connectivity index (χ3n) is 5.62. The van der Waals surface area contributed by atoms with Gasteiger partial charge in [-0.2, -0.15) is 0 Å². The topological polar surface area (TPSA) is 87.1 Å². The maximum absolute atomic E-state index is 13.2. The minimum absolute atomic E-state index is 0.0522. The Morgan fingerprint density at radius 1 is 1.00 bits per heavy atom. The molecule has 1 unspecified atom stereocenters. The predicted octanol–water partition coefficient (Wildman–Crippen LogP) is 5.41. The normalized spacial score (nSPS) is 17.5. The largest absolute Gasteiger partial charge is 0.507 e. The molecular formula is C26H22BrNO5. The lowest BCUT2D eigenvalue weighted by Gasteiger charge is -2.26. The molecule has 7 heteroatoms. The zero-order chi connectivity index (χ0) is 23.9. The minimum atomic E-state index is -0.918. The fraction of sp³-hybridized carbons (Fsp3) is 0.154. The van der Waals surface area contributed by atoms with Crippen molar-refractivity contribution in [3.05, 3.63) is 93.0 Å². The van der Waals surface area contributed by atoms with Gasteiger partial charge < -0.3 is 14.9 Å². The first-order valence-corrected chi connectivity index (χ1v) is 11.0. The summed E-state index contributed by atoms with van der Waals surface area (Å²) in [7, 11) is 1.53. The molecule has 1 aliphatic heterocycles. The smallest absolute Gasteiger partial charge is 0.300 e. The number of carbonyl (C=O) groups excluding carboxylic acids is 2. The molecule has 3 aromatic rings. The van der Waals surface area contributed by atoms with Crippen LogP contribution >= 0.6 is 15.9 Å². The van der Waals surface area contributed by atoms with Crippen molar-refractivity contribution in [1.82, 2.24) is 0 Å². The molecule has 33 heavy (non-hydrogen) atoms. The fourth-order valence-corrected chi connectivity index (χ4v) is 4.57. The second-order valence-corrected chi connectivity index (χ2v) is 8.78. The first-order chi connectivity index (χ1) is 15.7. The number of aryl methyl sites for hydroxylation is 2. The molecule has 2 N–H and O–H groups in total. The van der Waals surface area contributed by atoms with E-state index < -0.39 is 17.7 Å². The Labute approximate surface area is 199 Å². The quantitative estimate of drug-likeness (QED) is 0.280. The molecule has 0 aromatic heterocycles. The van der Waals surface area contributed by atoms with Crippen LogP contribution in [0.25, 0.3) is 5.76 Å². The Kier molecular flexibility index (Phi) is 5.99. The summed E-state index contributed by atoms with van der Waals surface area (Å²) in [5, 5.41) is 21.8. The molecular weight excluding hydrogens is 486 g/mol. The predicted molar refractivity (Wildman–Crippen MR) is 129 cm³/mol. The van der Waals surface area contributed by atoms with E-state index in [2.05, 4.69) is 15.9 Å². The molecule has 1 atom stereocenters. The molecule has 1 fully saturated rings. The van der Waals surface area contributed by atoms with Crippen LogP contribution in [0.4, 0.5) is 5.69 Å². The van der Waals surface area contributed by atoms with Crippen molar-refractivity contribution in [2.75, 3.05) is 12.0 Å². The molecule has 6 nitrogen and oxygen atoms in total. The Hall–Kier alpha value is -3.58. The fourth-order valence-electron chi connectivity index (χ4n) is 4.03. The molecule has 4 rings (SSSR count). The van der Waals surface area contributed by atoms with Crippen molar-refractivity contribution in [3.63, 3.8) is 0 Å². The van der Waals surface area contributed by atoms with E-state index in [9.17, 15) is 19.8 Å². The van der Waals surface area contributed by atoms with Gasteiger partial charge in [0.25, 0.3) is 11.7 Å². The van der Waals surface area contributed by atoms with Crippen LogP contribution in [-0.4, -0.2) is 29.0 Å². The average molecular weight is 508 g/mol. The van der Waals surface area contributed by atoms with E-state index >= 15 is 0 Å². The van der Waals surface area contributed by atoms with Crippen LogP contribution < -0.4 is 9.64 Å². The third kappa shape index (κ3) is 4.00. The van der Waals surface area contributed by atoms with Gasteiger partial charge in [-0.05, 0) is 71.2 Å². The number of anilines is 1. The number of phenolic OH excluding ortho intramolecular Hbond substituents is 1. The number of ketones is 1. The van der Waals surface area contributed by atoms with Crippen LogP contribution in [0.3, 0.4) is 0 Å². The molecule has 0 aliphatic carbocycles. The summed E-state index contributed by atoms with van der Waals surface area (Å²) in [6.45, 7) is 3.73. The highest BCUT2D eigenvalue weighted by atomic mass is 79.9. The number of aliphatic hydroxyl groups is 1. The van der Waals surface area contributed by atoms with E-state index in [0.29, 0.717) is 21.3 Å². The number of benzene rings is 3. The van der Waals surface area contributed by atoms with Gasteiger partial charge in [-0.25, -0.2) is 0 Å². The number of aromatic hydroxyl groups is 1. The van der Waals surface area contributed by atoms with Gasteiger partial charge in [-0.3, -0.25) is 14.5 Å². The van der Waals surface area contributed by atoms with Gasteiger partial charge in [0.2, 0.25) is 0 Å². The Bertz CT molecular complexity index is 1310. The zero-order valence-electron chi connectivity index (χ0n) is 18.3. The van der Waals surface area contributed by atoms with Crippen LogP contribution in [0.5, 0.6) is 11.5 Å². The highest BCUT2D eigenvalue weighted by Crippen LogP contribution is 2.45. The second kappa shape index (κ2) is 8.75. The van der Waals surface area contributed by atoms with Gasteiger partial charge in [0.05, 0.1) is 28.9 Å². The number of ether oxygens (including phenoxy) is 1. The summed E-state index contributed by atoms with van der Waals surface area (Å²) in [5.41, 5.74) is 2.89. The van der Waals surface area contributed by atoms with Crippen molar-refractivity contribution in [2.45, 2.75) is 19.9 Å². The van der Waals surface area contributed by atoms with Crippen molar-refractivity contribution in [1.29, 1.82) is 0 Å². The summed E-state index contributed by atoms with van der Waals surface area (Å²) in [5.74, 6) is -1.53. The summed E-state index contributed by atoms with van der Waals surface area (Å²) >= 11 is 3.39. The Balaban J connectivity index is 1.98. The van der Waals surface area contributed by atoms with Crippen molar-refractivity contribution in [3.8, 4) is 11.5 Å². The lowest BCUT2D eigenvalue weighted by molar-refractivity contribution is -0.132. The van der Waals surface area contributed by atoms with E-state index in [1.165, 1.54) is 18.1 Å². The number of hydrogen-bond donors (Lipinski definition) is 2. The highest BCUT2D eigenvalue weighted by Gasteiger charge is 2.47. The standard InChI is InChI=1S/C26H22BrNO5/c1-14-5-4-6-16(11-14)23-22(24(30)17-8-10-21(33-3)18(27)13-17)25(31)26(32)28(23)19-12-15(2)7-9-20(19)29/h4-13,23,29-30H,1-3H3/b24-22-. The van der Waals surface area contributed by atoms with Gasteiger partial charge in [-0.15, -0.1) is 0 Å².